The zero-order valence-corrected chi connectivity index (χ0v) is 13.4. The fraction of sp³-hybridized carbons (Fsp3) is 0.200. The Balaban J connectivity index is 2.49. The Morgan fingerprint density at radius 2 is 1.76 bits per heavy atom. The molecule has 112 valence electrons. The SMILES string of the molecule is CCN(c1ccc(C)cc1)S(=O)(=O)c1ccc(Cl)c(N)c1. The van der Waals surface area contributed by atoms with Crippen molar-refractivity contribution < 1.29 is 8.42 Å². The summed E-state index contributed by atoms with van der Waals surface area (Å²) in [6.45, 7) is 4.07. The smallest absolute Gasteiger partial charge is 0.264 e. The molecule has 0 atom stereocenters. The van der Waals surface area contributed by atoms with Crippen molar-refractivity contribution in [2.75, 3.05) is 16.6 Å². The van der Waals surface area contributed by atoms with Gasteiger partial charge >= 0.3 is 0 Å². The number of benzene rings is 2. The van der Waals surface area contributed by atoms with Crippen LogP contribution in [0.2, 0.25) is 5.02 Å². The van der Waals surface area contributed by atoms with E-state index in [1.165, 1.54) is 22.5 Å². The van der Waals surface area contributed by atoms with Gasteiger partial charge in [-0.2, -0.15) is 0 Å². The van der Waals surface area contributed by atoms with Gasteiger partial charge in [0.2, 0.25) is 0 Å². The van der Waals surface area contributed by atoms with Crippen LogP contribution in [0.25, 0.3) is 0 Å². The molecule has 0 aliphatic rings. The van der Waals surface area contributed by atoms with Crippen molar-refractivity contribution >= 4 is 33.0 Å². The second-order valence-corrected chi connectivity index (χ2v) is 6.96. The monoisotopic (exact) mass is 324 g/mol. The number of sulfonamides is 1. The van der Waals surface area contributed by atoms with Crippen LogP contribution in [0.3, 0.4) is 0 Å². The molecule has 4 nitrogen and oxygen atoms in total. The molecule has 0 spiro atoms. The molecule has 2 aromatic rings. The lowest BCUT2D eigenvalue weighted by Crippen LogP contribution is -2.30. The third-order valence-electron chi connectivity index (χ3n) is 3.16. The standard InChI is InChI=1S/C15H17ClN2O2S/c1-3-18(12-6-4-11(2)5-7-12)21(19,20)13-8-9-14(16)15(17)10-13/h4-10H,3,17H2,1-2H3. The number of halogens is 1. The Hall–Kier alpha value is -1.72. The quantitative estimate of drug-likeness (QED) is 0.876. The van der Waals surface area contributed by atoms with Crippen LogP contribution in [0.4, 0.5) is 11.4 Å². The summed E-state index contributed by atoms with van der Waals surface area (Å²) >= 11 is 5.85. The maximum absolute atomic E-state index is 12.7. The molecule has 2 rings (SSSR count). The molecular weight excluding hydrogens is 308 g/mol. The van der Waals surface area contributed by atoms with E-state index in [0.29, 0.717) is 17.3 Å². The maximum atomic E-state index is 12.7. The van der Waals surface area contributed by atoms with Crippen LogP contribution in [0.5, 0.6) is 0 Å². The number of rotatable bonds is 4. The average Bonchev–Trinajstić information content (AvgIpc) is 2.44. The van der Waals surface area contributed by atoms with Gasteiger partial charge in [-0.05, 0) is 44.2 Å². The highest BCUT2D eigenvalue weighted by Gasteiger charge is 2.24. The Labute approximate surface area is 130 Å². The van der Waals surface area contributed by atoms with E-state index in [0.717, 1.165) is 5.56 Å². The predicted octanol–water partition coefficient (Wildman–Crippen LogP) is 3.45. The van der Waals surface area contributed by atoms with Crippen LogP contribution in [-0.4, -0.2) is 15.0 Å². The van der Waals surface area contributed by atoms with Crippen molar-refractivity contribution in [2.24, 2.45) is 0 Å². The molecule has 0 saturated carbocycles. The zero-order valence-electron chi connectivity index (χ0n) is 11.9. The Morgan fingerprint density at radius 1 is 1.14 bits per heavy atom. The first-order valence-electron chi connectivity index (χ1n) is 6.50. The highest BCUT2D eigenvalue weighted by atomic mass is 35.5. The van der Waals surface area contributed by atoms with Crippen molar-refractivity contribution in [1.29, 1.82) is 0 Å². The second kappa shape index (κ2) is 5.95. The van der Waals surface area contributed by atoms with E-state index in [-0.39, 0.29) is 10.6 Å². The molecule has 0 aliphatic heterocycles. The molecule has 0 amide bonds. The molecule has 0 unspecified atom stereocenters. The van der Waals surface area contributed by atoms with Crippen LogP contribution in [-0.2, 0) is 10.0 Å². The van der Waals surface area contributed by atoms with Crippen LogP contribution >= 0.6 is 11.6 Å². The van der Waals surface area contributed by atoms with Crippen LogP contribution in [0.1, 0.15) is 12.5 Å². The summed E-state index contributed by atoms with van der Waals surface area (Å²) in [4.78, 5) is 0.131. The van der Waals surface area contributed by atoms with Crippen molar-refractivity contribution in [3.8, 4) is 0 Å². The van der Waals surface area contributed by atoms with Crippen molar-refractivity contribution in [2.45, 2.75) is 18.7 Å². The summed E-state index contributed by atoms with van der Waals surface area (Å²) in [5.74, 6) is 0. The first kappa shape index (κ1) is 15.7. The fourth-order valence-corrected chi connectivity index (χ4v) is 3.64. The summed E-state index contributed by atoms with van der Waals surface area (Å²) in [6.07, 6.45) is 0. The highest BCUT2D eigenvalue weighted by Crippen LogP contribution is 2.27. The molecule has 0 saturated heterocycles. The largest absolute Gasteiger partial charge is 0.397 e. The predicted molar refractivity (Wildman–Crippen MR) is 87.2 cm³/mol. The van der Waals surface area contributed by atoms with Gasteiger partial charge in [-0.3, -0.25) is 4.31 Å². The molecule has 2 aromatic carbocycles. The van der Waals surface area contributed by atoms with E-state index in [1.807, 2.05) is 19.1 Å². The molecular formula is C15H17ClN2O2S. The molecule has 0 fully saturated rings. The fourth-order valence-electron chi connectivity index (χ4n) is 2.01. The molecule has 0 bridgehead atoms. The summed E-state index contributed by atoms with van der Waals surface area (Å²) < 4.78 is 26.8. The number of anilines is 2. The molecule has 0 aliphatic carbocycles. The number of hydrogen-bond donors (Lipinski definition) is 1. The highest BCUT2D eigenvalue weighted by molar-refractivity contribution is 7.92. The van der Waals surface area contributed by atoms with Crippen LogP contribution in [0, 0.1) is 6.92 Å². The lowest BCUT2D eigenvalue weighted by atomic mass is 10.2. The van der Waals surface area contributed by atoms with E-state index >= 15 is 0 Å². The minimum atomic E-state index is -3.66. The van der Waals surface area contributed by atoms with E-state index in [2.05, 4.69) is 0 Å². The van der Waals surface area contributed by atoms with Gasteiger partial charge in [-0.15, -0.1) is 0 Å². The number of hydrogen-bond acceptors (Lipinski definition) is 3. The summed E-state index contributed by atoms with van der Waals surface area (Å²) in [5.41, 5.74) is 7.64. The number of nitrogens with zero attached hydrogens (tertiary/aromatic N) is 1. The van der Waals surface area contributed by atoms with Crippen molar-refractivity contribution in [3.05, 3.63) is 53.1 Å². The second-order valence-electron chi connectivity index (χ2n) is 4.69. The summed E-state index contributed by atoms with van der Waals surface area (Å²) in [5, 5.41) is 0.340. The van der Waals surface area contributed by atoms with Gasteiger partial charge in [-0.25, -0.2) is 8.42 Å². The molecule has 0 radical (unpaired) electrons. The van der Waals surface area contributed by atoms with Gasteiger partial charge in [-0.1, -0.05) is 29.3 Å². The third-order valence-corrected chi connectivity index (χ3v) is 5.41. The molecule has 21 heavy (non-hydrogen) atoms. The van der Waals surface area contributed by atoms with Gasteiger partial charge in [0.1, 0.15) is 0 Å². The number of nitrogen functional groups attached to an aromatic ring is 1. The van der Waals surface area contributed by atoms with Crippen molar-refractivity contribution in [3.63, 3.8) is 0 Å². The van der Waals surface area contributed by atoms with Crippen LogP contribution in [0.15, 0.2) is 47.4 Å². The van der Waals surface area contributed by atoms with E-state index in [1.54, 1.807) is 19.1 Å². The van der Waals surface area contributed by atoms with Gasteiger partial charge in [0.05, 0.1) is 21.3 Å². The number of nitrogens with two attached hydrogens (primary N) is 1. The molecule has 0 aromatic heterocycles. The Bertz CT molecular complexity index is 743. The topological polar surface area (TPSA) is 63.4 Å². The number of aryl methyl sites for hydroxylation is 1. The minimum Gasteiger partial charge on any atom is -0.397 e. The zero-order chi connectivity index (χ0) is 15.6. The van der Waals surface area contributed by atoms with Gasteiger partial charge in [0, 0.05) is 6.54 Å². The van der Waals surface area contributed by atoms with Gasteiger partial charge in [0.25, 0.3) is 10.0 Å². The van der Waals surface area contributed by atoms with E-state index < -0.39 is 10.0 Å². The lowest BCUT2D eigenvalue weighted by Gasteiger charge is -2.23. The summed E-state index contributed by atoms with van der Waals surface area (Å²) in [7, 11) is -3.66. The van der Waals surface area contributed by atoms with Crippen LogP contribution < -0.4 is 10.0 Å². The third kappa shape index (κ3) is 3.14. The Morgan fingerprint density at radius 3 is 2.29 bits per heavy atom. The normalized spacial score (nSPS) is 11.4. The maximum Gasteiger partial charge on any atom is 0.264 e. The van der Waals surface area contributed by atoms with Gasteiger partial charge in [0.15, 0.2) is 0 Å². The van der Waals surface area contributed by atoms with Gasteiger partial charge < -0.3 is 5.73 Å². The molecule has 2 N–H and O–H groups in total. The lowest BCUT2D eigenvalue weighted by molar-refractivity contribution is 0.592. The summed E-state index contributed by atoms with van der Waals surface area (Å²) in [6, 6.07) is 11.7. The van der Waals surface area contributed by atoms with E-state index in [4.69, 9.17) is 17.3 Å². The first-order valence-corrected chi connectivity index (χ1v) is 8.32. The molecule has 0 heterocycles. The average molecular weight is 325 g/mol. The first-order chi connectivity index (χ1) is 9.86. The van der Waals surface area contributed by atoms with E-state index in [9.17, 15) is 8.42 Å². The molecule has 6 heteroatoms. The Kier molecular flexibility index (Phi) is 4.44. The minimum absolute atomic E-state index is 0.131. The van der Waals surface area contributed by atoms with Crippen molar-refractivity contribution in [1.82, 2.24) is 0 Å².